The Bertz CT molecular complexity index is 514. The summed E-state index contributed by atoms with van der Waals surface area (Å²) in [6.45, 7) is 2.50. The number of pyridine rings is 1. The van der Waals surface area contributed by atoms with Crippen LogP contribution in [0.3, 0.4) is 0 Å². The highest BCUT2D eigenvalue weighted by molar-refractivity contribution is 9.10. The average molecular weight is 269 g/mol. The van der Waals surface area contributed by atoms with Crippen molar-refractivity contribution in [1.29, 1.82) is 0 Å². The molecule has 5 nitrogen and oxygen atoms in total. The summed E-state index contributed by atoms with van der Waals surface area (Å²) < 4.78 is 3.66. The molecular formula is C9H9BrN4O. The molecule has 0 fully saturated rings. The maximum atomic E-state index is 11.7. The van der Waals surface area contributed by atoms with Gasteiger partial charge in [0.1, 0.15) is 6.33 Å². The standard InChI is InChI=1S/C9H9BrN4O/c1-2-13-6-12-14(9(13)15)8-4-3-7(10)5-11-8/h3-6H,2H2,1H3. The number of rotatable bonds is 2. The third-order valence-electron chi connectivity index (χ3n) is 2.00. The fourth-order valence-electron chi connectivity index (χ4n) is 1.20. The van der Waals surface area contributed by atoms with Gasteiger partial charge in [0.05, 0.1) is 0 Å². The first kappa shape index (κ1) is 10.1. The van der Waals surface area contributed by atoms with E-state index in [4.69, 9.17) is 0 Å². The second-order valence-corrected chi connectivity index (χ2v) is 3.86. The van der Waals surface area contributed by atoms with Crippen molar-refractivity contribution in [3.05, 3.63) is 39.6 Å². The second-order valence-electron chi connectivity index (χ2n) is 2.95. The van der Waals surface area contributed by atoms with Crippen LogP contribution in [0.1, 0.15) is 6.92 Å². The summed E-state index contributed by atoms with van der Waals surface area (Å²) in [6, 6.07) is 3.55. The predicted molar refractivity (Wildman–Crippen MR) is 59.0 cm³/mol. The van der Waals surface area contributed by atoms with Crippen molar-refractivity contribution in [2.45, 2.75) is 13.5 Å². The van der Waals surface area contributed by atoms with Gasteiger partial charge in [-0.2, -0.15) is 9.78 Å². The number of hydrogen-bond acceptors (Lipinski definition) is 3. The Labute approximate surface area is 94.5 Å². The first-order valence-electron chi connectivity index (χ1n) is 4.48. The Kier molecular flexibility index (Phi) is 2.68. The first-order valence-corrected chi connectivity index (χ1v) is 5.28. The fraction of sp³-hybridized carbons (Fsp3) is 0.222. The monoisotopic (exact) mass is 268 g/mol. The van der Waals surface area contributed by atoms with Crippen molar-refractivity contribution in [3.63, 3.8) is 0 Å². The lowest BCUT2D eigenvalue weighted by Gasteiger charge is -1.97. The maximum Gasteiger partial charge on any atom is 0.351 e. The van der Waals surface area contributed by atoms with Gasteiger partial charge in [-0.25, -0.2) is 9.78 Å². The third-order valence-corrected chi connectivity index (χ3v) is 2.47. The van der Waals surface area contributed by atoms with Crippen LogP contribution in [0.25, 0.3) is 5.82 Å². The normalized spacial score (nSPS) is 10.5. The molecule has 78 valence electrons. The van der Waals surface area contributed by atoms with E-state index >= 15 is 0 Å². The zero-order valence-corrected chi connectivity index (χ0v) is 9.68. The predicted octanol–water partition coefficient (Wildman–Crippen LogP) is 1.21. The van der Waals surface area contributed by atoms with Gasteiger partial charge in [-0.1, -0.05) is 0 Å². The van der Waals surface area contributed by atoms with Crippen LogP contribution in [0.4, 0.5) is 0 Å². The van der Waals surface area contributed by atoms with E-state index in [-0.39, 0.29) is 5.69 Å². The van der Waals surface area contributed by atoms with Crippen LogP contribution in [-0.2, 0) is 6.54 Å². The van der Waals surface area contributed by atoms with Crippen molar-refractivity contribution in [2.75, 3.05) is 0 Å². The molecule has 0 aliphatic heterocycles. The number of hydrogen-bond donors (Lipinski definition) is 0. The van der Waals surface area contributed by atoms with Crippen molar-refractivity contribution in [1.82, 2.24) is 19.3 Å². The lowest BCUT2D eigenvalue weighted by Crippen LogP contribution is -2.23. The highest BCUT2D eigenvalue weighted by Crippen LogP contribution is 2.08. The minimum Gasteiger partial charge on any atom is -0.281 e. The summed E-state index contributed by atoms with van der Waals surface area (Å²) in [6.07, 6.45) is 3.14. The van der Waals surface area contributed by atoms with E-state index in [0.717, 1.165) is 4.47 Å². The van der Waals surface area contributed by atoms with Gasteiger partial charge in [-0.3, -0.25) is 4.57 Å². The van der Waals surface area contributed by atoms with Crippen LogP contribution in [0.5, 0.6) is 0 Å². The van der Waals surface area contributed by atoms with E-state index in [2.05, 4.69) is 26.0 Å². The molecule has 0 N–H and O–H groups in total. The van der Waals surface area contributed by atoms with Crippen molar-refractivity contribution in [3.8, 4) is 5.82 Å². The van der Waals surface area contributed by atoms with E-state index in [1.807, 2.05) is 13.0 Å². The zero-order valence-electron chi connectivity index (χ0n) is 8.09. The van der Waals surface area contributed by atoms with Crippen LogP contribution in [0, 0.1) is 0 Å². The molecule has 2 heterocycles. The lowest BCUT2D eigenvalue weighted by molar-refractivity contribution is 0.707. The Morgan fingerprint density at radius 3 is 2.80 bits per heavy atom. The van der Waals surface area contributed by atoms with Gasteiger partial charge in [0, 0.05) is 17.2 Å². The van der Waals surface area contributed by atoms with Crippen LogP contribution in [0.2, 0.25) is 0 Å². The molecule has 0 saturated carbocycles. The largest absolute Gasteiger partial charge is 0.351 e. The second kappa shape index (κ2) is 3.98. The molecule has 0 bridgehead atoms. The topological polar surface area (TPSA) is 52.7 Å². The molecule has 15 heavy (non-hydrogen) atoms. The van der Waals surface area contributed by atoms with Gasteiger partial charge >= 0.3 is 5.69 Å². The number of aromatic nitrogens is 4. The van der Waals surface area contributed by atoms with Crippen LogP contribution in [0.15, 0.2) is 33.9 Å². The molecule has 0 amide bonds. The molecule has 0 aliphatic carbocycles. The summed E-state index contributed by atoms with van der Waals surface area (Å²) in [7, 11) is 0. The fourth-order valence-corrected chi connectivity index (χ4v) is 1.44. The molecule has 0 atom stereocenters. The van der Waals surface area contributed by atoms with Crippen molar-refractivity contribution in [2.24, 2.45) is 0 Å². The van der Waals surface area contributed by atoms with Crippen molar-refractivity contribution >= 4 is 15.9 Å². The summed E-state index contributed by atoms with van der Waals surface area (Å²) in [5.41, 5.74) is -0.174. The van der Waals surface area contributed by atoms with E-state index < -0.39 is 0 Å². The molecule has 0 aromatic carbocycles. The molecule has 2 rings (SSSR count). The Morgan fingerprint density at radius 1 is 1.47 bits per heavy atom. The lowest BCUT2D eigenvalue weighted by atomic mass is 10.5. The smallest absolute Gasteiger partial charge is 0.281 e. The Hall–Kier alpha value is -1.43. The number of halogens is 1. The van der Waals surface area contributed by atoms with E-state index in [1.54, 1.807) is 12.3 Å². The molecule has 0 unspecified atom stereocenters. The molecule has 2 aromatic heterocycles. The summed E-state index contributed by atoms with van der Waals surface area (Å²) in [5, 5.41) is 3.98. The van der Waals surface area contributed by atoms with Crippen molar-refractivity contribution < 1.29 is 0 Å². The summed E-state index contributed by atoms with van der Waals surface area (Å²) >= 11 is 3.28. The molecule has 2 aromatic rings. The van der Waals surface area contributed by atoms with E-state index in [0.29, 0.717) is 12.4 Å². The zero-order chi connectivity index (χ0) is 10.8. The SMILES string of the molecule is CCn1cnn(-c2ccc(Br)cn2)c1=O. The van der Waals surface area contributed by atoms with Gasteiger partial charge in [0.15, 0.2) is 5.82 Å². The van der Waals surface area contributed by atoms with Crippen LogP contribution < -0.4 is 5.69 Å². The van der Waals surface area contributed by atoms with Gasteiger partial charge in [-0.05, 0) is 35.0 Å². The van der Waals surface area contributed by atoms with Crippen LogP contribution in [-0.4, -0.2) is 19.3 Å². The minimum atomic E-state index is -0.174. The molecule has 0 aliphatic rings. The summed E-state index contributed by atoms with van der Waals surface area (Å²) in [4.78, 5) is 15.8. The van der Waals surface area contributed by atoms with Crippen LogP contribution >= 0.6 is 15.9 Å². The van der Waals surface area contributed by atoms with Gasteiger partial charge in [-0.15, -0.1) is 0 Å². The number of nitrogens with zero attached hydrogens (tertiary/aromatic N) is 4. The van der Waals surface area contributed by atoms with Gasteiger partial charge in [0.2, 0.25) is 0 Å². The van der Waals surface area contributed by atoms with Gasteiger partial charge in [0.25, 0.3) is 0 Å². The third kappa shape index (κ3) is 1.85. The Morgan fingerprint density at radius 2 is 2.27 bits per heavy atom. The molecule has 0 radical (unpaired) electrons. The molecule has 6 heteroatoms. The average Bonchev–Trinajstić information content (AvgIpc) is 2.61. The molecule has 0 spiro atoms. The molecular weight excluding hydrogens is 260 g/mol. The van der Waals surface area contributed by atoms with E-state index in [9.17, 15) is 4.79 Å². The van der Waals surface area contributed by atoms with Gasteiger partial charge < -0.3 is 0 Å². The quantitative estimate of drug-likeness (QED) is 0.823. The highest BCUT2D eigenvalue weighted by Gasteiger charge is 2.05. The number of aryl methyl sites for hydroxylation is 1. The highest BCUT2D eigenvalue weighted by atomic mass is 79.9. The summed E-state index contributed by atoms with van der Waals surface area (Å²) in [5.74, 6) is 0.524. The van der Waals surface area contributed by atoms with E-state index in [1.165, 1.54) is 15.6 Å². The molecule has 0 saturated heterocycles. The first-order chi connectivity index (χ1) is 7.22. The maximum absolute atomic E-state index is 11.7. The Balaban J connectivity index is 2.50. The minimum absolute atomic E-state index is 0.174.